The summed E-state index contributed by atoms with van der Waals surface area (Å²) in [5, 5.41) is 2.23. The second kappa shape index (κ2) is 3.45. The Bertz CT molecular complexity index is 470. The first-order chi connectivity index (χ1) is 6.18. The molecule has 2 aromatic rings. The Morgan fingerprint density at radius 1 is 1.15 bits per heavy atom. The molecule has 4 heteroatoms. The van der Waals surface area contributed by atoms with Gasteiger partial charge in [-0.2, -0.15) is 0 Å². The van der Waals surface area contributed by atoms with Crippen LogP contribution in [-0.4, -0.2) is 4.98 Å². The maximum atomic E-state index is 5.98. The van der Waals surface area contributed by atoms with Crippen molar-refractivity contribution < 1.29 is 0 Å². The Kier molecular flexibility index (Phi) is 2.45. The smallest absolute Gasteiger partial charge is 0.0732 e. The molecular weight excluding hydrogens is 273 g/mol. The molecule has 1 nitrogen and oxygen atoms in total. The van der Waals surface area contributed by atoms with Crippen LogP contribution in [0.2, 0.25) is 10.0 Å². The van der Waals surface area contributed by atoms with Crippen LogP contribution >= 0.6 is 39.1 Å². The minimum atomic E-state index is 0.641. The van der Waals surface area contributed by atoms with Crippen molar-refractivity contribution in [2.45, 2.75) is 0 Å². The molecule has 0 aliphatic heterocycles. The van der Waals surface area contributed by atoms with Crippen molar-refractivity contribution in [2.75, 3.05) is 0 Å². The van der Waals surface area contributed by atoms with Gasteiger partial charge in [-0.15, -0.1) is 0 Å². The molecule has 1 heterocycles. The van der Waals surface area contributed by atoms with Crippen LogP contribution in [0, 0.1) is 0 Å². The summed E-state index contributed by atoms with van der Waals surface area (Å²) in [6, 6.07) is 5.41. The number of benzene rings is 1. The number of nitrogens with zero attached hydrogens (tertiary/aromatic N) is 1. The van der Waals surface area contributed by atoms with Gasteiger partial charge in [0.1, 0.15) is 0 Å². The standard InChI is InChI=1S/C9H4BrCl2N/c10-6-3-5-7(11)1-2-13-9(5)4-8(6)12/h1-4H. The zero-order valence-corrected chi connectivity index (χ0v) is 9.49. The van der Waals surface area contributed by atoms with Gasteiger partial charge in [-0.1, -0.05) is 23.2 Å². The third-order valence-electron chi connectivity index (χ3n) is 1.73. The van der Waals surface area contributed by atoms with Gasteiger partial charge in [-0.25, -0.2) is 0 Å². The molecule has 0 saturated heterocycles. The van der Waals surface area contributed by atoms with E-state index in [0.717, 1.165) is 15.4 Å². The molecule has 0 saturated carbocycles. The molecule has 0 N–H and O–H groups in total. The van der Waals surface area contributed by atoms with Crippen molar-refractivity contribution in [3.8, 4) is 0 Å². The third-order valence-corrected chi connectivity index (χ3v) is 3.26. The predicted molar refractivity (Wildman–Crippen MR) is 59.5 cm³/mol. The maximum absolute atomic E-state index is 5.98. The van der Waals surface area contributed by atoms with E-state index in [0.29, 0.717) is 10.0 Å². The number of fused-ring (bicyclic) bond motifs is 1. The zero-order chi connectivity index (χ0) is 9.42. The van der Waals surface area contributed by atoms with Crippen LogP contribution in [-0.2, 0) is 0 Å². The summed E-state index contributed by atoms with van der Waals surface area (Å²) in [4.78, 5) is 4.15. The van der Waals surface area contributed by atoms with Gasteiger partial charge in [0.25, 0.3) is 0 Å². The monoisotopic (exact) mass is 275 g/mol. The molecule has 0 aliphatic carbocycles. The molecule has 13 heavy (non-hydrogen) atoms. The zero-order valence-electron chi connectivity index (χ0n) is 6.39. The summed E-state index contributed by atoms with van der Waals surface area (Å²) in [5.41, 5.74) is 0.806. The van der Waals surface area contributed by atoms with Crippen molar-refractivity contribution >= 4 is 50.0 Å². The van der Waals surface area contributed by atoms with E-state index in [1.807, 2.05) is 6.07 Å². The number of aromatic nitrogens is 1. The van der Waals surface area contributed by atoms with Crippen molar-refractivity contribution in [3.05, 3.63) is 38.9 Å². The molecule has 0 fully saturated rings. The fourth-order valence-electron chi connectivity index (χ4n) is 1.11. The van der Waals surface area contributed by atoms with Gasteiger partial charge in [0.15, 0.2) is 0 Å². The fraction of sp³-hybridized carbons (Fsp3) is 0. The molecule has 0 bridgehead atoms. The van der Waals surface area contributed by atoms with Gasteiger partial charge in [0.05, 0.1) is 15.6 Å². The van der Waals surface area contributed by atoms with Crippen LogP contribution in [0.1, 0.15) is 0 Å². The van der Waals surface area contributed by atoms with Gasteiger partial charge in [0, 0.05) is 16.1 Å². The van der Waals surface area contributed by atoms with Gasteiger partial charge in [0.2, 0.25) is 0 Å². The summed E-state index contributed by atoms with van der Waals surface area (Å²) in [5.74, 6) is 0. The number of pyridine rings is 1. The highest BCUT2D eigenvalue weighted by atomic mass is 79.9. The van der Waals surface area contributed by atoms with E-state index in [9.17, 15) is 0 Å². The number of hydrogen-bond donors (Lipinski definition) is 0. The van der Waals surface area contributed by atoms with Crippen LogP contribution in [0.4, 0.5) is 0 Å². The molecule has 0 aliphatic rings. The number of rotatable bonds is 0. The first-order valence-electron chi connectivity index (χ1n) is 3.58. The molecule has 0 spiro atoms. The lowest BCUT2D eigenvalue weighted by molar-refractivity contribution is 1.41. The van der Waals surface area contributed by atoms with Crippen molar-refractivity contribution in [3.63, 3.8) is 0 Å². The van der Waals surface area contributed by atoms with E-state index in [2.05, 4.69) is 20.9 Å². The first-order valence-corrected chi connectivity index (χ1v) is 5.12. The topological polar surface area (TPSA) is 12.9 Å². The van der Waals surface area contributed by atoms with Gasteiger partial charge < -0.3 is 0 Å². The SMILES string of the molecule is Clc1cc2nccc(Cl)c2cc1Br. The third kappa shape index (κ3) is 1.66. The number of halogens is 3. The van der Waals surface area contributed by atoms with E-state index in [-0.39, 0.29) is 0 Å². The minimum Gasteiger partial charge on any atom is -0.256 e. The van der Waals surface area contributed by atoms with E-state index < -0.39 is 0 Å². The van der Waals surface area contributed by atoms with Crippen molar-refractivity contribution in [1.29, 1.82) is 0 Å². The van der Waals surface area contributed by atoms with E-state index >= 15 is 0 Å². The lowest BCUT2D eigenvalue weighted by atomic mass is 10.2. The second-order valence-corrected chi connectivity index (χ2v) is 4.24. The normalized spacial score (nSPS) is 10.7. The Morgan fingerprint density at radius 3 is 2.69 bits per heavy atom. The average Bonchev–Trinajstić information content (AvgIpc) is 2.09. The molecule has 1 aromatic heterocycles. The Morgan fingerprint density at radius 2 is 1.92 bits per heavy atom. The lowest BCUT2D eigenvalue weighted by Crippen LogP contribution is -1.80. The molecule has 0 atom stereocenters. The highest BCUT2D eigenvalue weighted by molar-refractivity contribution is 9.10. The molecule has 66 valence electrons. The number of hydrogen-bond acceptors (Lipinski definition) is 1. The maximum Gasteiger partial charge on any atom is 0.0732 e. The van der Waals surface area contributed by atoms with E-state index in [4.69, 9.17) is 23.2 Å². The Labute approximate surface area is 93.8 Å². The fourth-order valence-corrected chi connectivity index (χ4v) is 1.82. The summed E-state index contributed by atoms with van der Waals surface area (Å²) >= 11 is 15.2. The Hall–Kier alpha value is -0.310. The van der Waals surface area contributed by atoms with Gasteiger partial charge in [-0.3, -0.25) is 4.98 Å². The van der Waals surface area contributed by atoms with Crippen molar-refractivity contribution in [1.82, 2.24) is 4.98 Å². The molecule has 0 radical (unpaired) electrons. The van der Waals surface area contributed by atoms with Crippen LogP contribution in [0.15, 0.2) is 28.9 Å². The van der Waals surface area contributed by atoms with Crippen LogP contribution in [0.3, 0.4) is 0 Å². The summed E-state index contributed by atoms with van der Waals surface area (Å²) < 4.78 is 0.830. The van der Waals surface area contributed by atoms with E-state index in [1.54, 1.807) is 18.3 Å². The van der Waals surface area contributed by atoms with Crippen LogP contribution in [0.5, 0.6) is 0 Å². The highest BCUT2D eigenvalue weighted by Gasteiger charge is 2.03. The van der Waals surface area contributed by atoms with Crippen LogP contribution < -0.4 is 0 Å². The van der Waals surface area contributed by atoms with E-state index in [1.165, 1.54) is 0 Å². The molecule has 0 unspecified atom stereocenters. The first kappa shape index (κ1) is 9.25. The summed E-state index contributed by atoms with van der Waals surface area (Å²) in [6.45, 7) is 0. The molecular formula is C9H4BrCl2N. The Balaban J connectivity index is 2.89. The average molecular weight is 277 g/mol. The quantitative estimate of drug-likeness (QED) is 0.699. The lowest BCUT2D eigenvalue weighted by Gasteiger charge is -2.01. The highest BCUT2D eigenvalue weighted by Crippen LogP contribution is 2.30. The molecule has 0 amide bonds. The van der Waals surface area contributed by atoms with Crippen molar-refractivity contribution in [2.24, 2.45) is 0 Å². The molecule has 1 aromatic carbocycles. The summed E-state index contributed by atoms with van der Waals surface area (Å²) in [6.07, 6.45) is 1.66. The predicted octanol–water partition coefficient (Wildman–Crippen LogP) is 4.30. The van der Waals surface area contributed by atoms with Gasteiger partial charge >= 0.3 is 0 Å². The van der Waals surface area contributed by atoms with Gasteiger partial charge in [-0.05, 0) is 34.1 Å². The summed E-state index contributed by atoms with van der Waals surface area (Å²) in [7, 11) is 0. The molecule has 2 rings (SSSR count). The second-order valence-electron chi connectivity index (χ2n) is 2.58. The largest absolute Gasteiger partial charge is 0.256 e. The minimum absolute atomic E-state index is 0.641. The van der Waals surface area contributed by atoms with Crippen LogP contribution in [0.25, 0.3) is 10.9 Å².